The number of hydrogen-bond donors (Lipinski definition) is 3. The number of anilines is 1. The first-order valence-corrected chi connectivity index (χ1v) is 8.49. The maximum Gasteiger partial charge on any atom is 0.243 e. The van der Waals surface area contributed by atoms with Crippen LogP contribution in [0.3, 0.4) is 0 Å². The Bertz CT molecular complexity index is 798. The van der Waals surface area contributed by atoms with Crippen LogP contribution in [0, 0.1) is 17.5 Å². The van der Waals surface area contributed by atoms with Crippen molar-refractivity contribution < 1.29 is 27.1 Å². The van der Waals surface area contributed by atoms with Crippen LogP contribution in [0.5, 0.6) is 0 Å². The average Bonchev–Trinajstić information content (AvgIpc) is 3.21. The largest absolute Gasteiger partial charge is 0.467 e. The van der Waals surface area contributed by atoms with Crippen molar-refractivity contribution in [2.75, 3.05) is 32.1 Å². The van der Waals surface area contributed by atoms with Gasteiger partial charge in [-0.25, -0.2) is 13.2 Å². The van der Waals surface area contributed by atoms with E-state index in [0.717, 1.165) is 17.9 Å². The van der Waals surface area contributed by atoms with Gasteiger partial charge in [0.1, 0.15) is 12.4 Å². The fourth-order valence-corrected chi connectivity index (χ4v) is 2.15. The zero-order valence-corrected chi connectivity index (χ0v) is 15.2. The topological polar surface area (TPSA) is 87.9 Å². The summed E-state index contributed by atoms with van der Waals surface area (Å²) in [5.74, 6) is -3.97. The molecule has 1 amide bonds. The highest BCUT2D eigenvalue weighted by Gasteiger charge is 2.15. The minimum Gasteiger partial charge on any atom is -0.467 e. The third-order valence-electron chi connectivity index (χ3n) is 3.53. The summed E-state index contributed by atoms with van der Waals surface area (Å²) in [6.07, 6.45) is 2.26. The Labute approximate surface area is 160 Å². The number of nitrogens with zero attached hydrogens (tertiary/aromatic N) is 1. The highest BCUT2D eigenvalue weighted by molar-refractivity contribution is 5.95. The van der Waals surface area contributed by atoms with Gasteiger partial charge in [0.15, 0.2) is 23.4 Å². The highest BCUT2D eigenvalue weighted by Crippen LogP contribution is 2.19. The highest BCUT2D eigenvalue weighted by atomic mass is 19.2. The van der Waals surface area contributed by atoms with Crippen molar-refractivity contribution in [1.29, 1.82) is 0 Å². The SMILES string of the molecule is CN=C(NCCCOCc1ccco1)NCC(=O)Nc1ccc(F)c(F)c1F. The molecule has 0 aliphatic heterocycles. The molecule has 28 heavy (non-hydrogen) atoms. The van der Waals surface area contributed by atoms with Crippen molar-refractivity contribution in [2.45, 2.75) is 13.0 Å². The summed E-state index contributed by atoms with van der Waals surface area (Å²) in [6.45, 7) is 1.19. The molecule has 1 aromatic heterocycles. The number of aliphatic imine (C=N–C) groups is 1. The lowest BCUT2D eigenvalue weighted by molar-refractivity contribution is -0.115. The molecule has 0 saturated heterocycles. The summed E-state index contributed by atoms with van der Waals surface area (Å²) >= 11 is 0. The molecular weight excluding hydrogens is 377 g/mol. The van der Waals surface area contributed by atoms with Gasteiger partial charge < -0.3 is 25.1 Å². The maximum absolute atomic E-state index is 13.5. The zero-order valence-electron chi connectivity index (χ0n) is 15.2. The number of nitrogens with one attached hydrogen (secondary N) is 3. The van der Waals surface area contributed by atoms with Crippen LogP contribution in [0.4, 0.5) is 18.9 Å². The lowest BCUT2D eigenvalue weighted by Crippen LogP contribution is -2.42. The summed E-state index contributed by atoms with van der Waals surface area (Å²) < 4.78 is 50.2. The van der Waals surface area contributed by atoms with Crippen LogP contribution in [-0.2, 0) is 16.1 Å². The van der Waals surface area contributed by atoms with Gasteiger partial charge in [-0.15, -0.1) is 0 Å². The number of ether oxygens (including phenoxy) is 1. The predicted molar refractivity (Wildman–Crippen MR) is 97.3 cm³/mol. The van der Waals surface area contributed by atoms with E-state index in [1.807, 2.05) is 6.07 Å². The maximum atomic E-state index is 13.5. The molecule has 0 radical (unpaired) electrons. The van der Waals surface area contributed by atoms with Gasteiger partial charge in [0.05, 0.1) is 18.5 Å². The van der Waals surface area contributed by atoms with Crippen LogP contribution in [-0.4, -0.2) is 38.6 Å². The van der Waals surface area contributed by atoms with Crippen molar-refractivity contribution in [3.63, 3.8) is 0 Å². The van der Waals surface area contributed by atoms with Crippen LogP contribution in [0.2, 0.25) is 0 Å². The van der Waals surface area contributed by atoms with Gasteiger partial charge in [0.2, 0.25) is 5.91 Å². The summed E-state index contributed by atoms with van der Waals surface area (Å²) in [5, 5.41) is 7.87. The molecule has 0 aliphatic rings. The van der Waals surface area contributed by atoms with E-state index in [1.54, 1.807) is 12.3 Å². The molecule has 0 bridgehead atoms. The second-order valence-electron chi connectivity index (χ2n) is 5.61. The Morgan fingerprint density at radius 1 is 1.18 bits per heavy atom. The lowest BCUT2D eigenvalue weighted by Gasteiger charge is -2.12. The van der Waals surface area contributed by atoms with E-state index in [0.29, 0.717) is 32.1 Å². The Morgan fingerprint density at radius 2 is 2.00 bits per heavy atom. The number of rotatable bonds is 9. The smallest absolute Gasteiger partial charge is 0.243 e. The lowest BCUT2D eigenvalue weighted by atomic mass is 10.2. The van der Waals surface area contributed by atoms with Crippen LogP contribution in [0.25, 0.3) is 0 Å². The molecule has 0 aliphatic carbocycles. The Morgan fingerprint density at radius 3 is 2.71 bits per heavy atom. The number of guanidine groups is 1. The molecule has 0 unspecified atom stereocenters. The van der Waals surface area contributed by atoms with Gasteiger partial charge in [-0.3, -0.25) is 9.79 Å². The van der Waals surface area contributed by atoms with E-state index >= 15 is 0 Å². The van der Waals surface area contributed by atoms with Crippen LogP contribution >= 0.6 is 0 Å². The number of hydrogen-bond acceptors (Lipinski definition) is 4. The Kier molecular flexibility index (Phi) is 8.35. The van der Waals surface area contributed by atoms with Gasteiger partial charge in [-0.2, -0.15) is 0 Å². The van der Waals surface area contributed by atoms with Crippen molar-refractivity contribution in [3.05, 3.63) is 53.7 Å². The van der Waals surface area contributed by atoms with Gasteiger partial charge in [-0.05, 0) is 30.7 Å². The number of furan rings is 1. The number of amides is 1. The first-order chi connectivity index (χ1) is 13.5. The monoisotopic (exact) mass is 398 g/mol. The number of carbonyl (C=O) groups is 1. The standard InChI is InChI=1S/C18H21F3N4O3/c1-22-18(23-7-3-8-27-11-12-4-2-9-28-12)24-10-15(26)25-14-6-5-13(19)16(20)17(14)21/h2,4-6,9H,3,7-8,10-11H2,1H3,(H,25,26)(H2,22,23,24). The van der Waals surface area contributed by atoms with E-state index < -0.39 is 29.0 Å². The molecular formula is C18H21F3N4O3. The molecule has 10 heteroatoms. The Hall–Kier alpha value is -3.01. The van der Waals surface area contributed by atoms with Crippen LogP contribution in [0.15, 0.2) is 39.9 Å². The molecule has 2 aromatic rings. The number of benzene rings is 1. The minimum absolute atomic E-state index is 0.243. The zero-order chi connectivity index (χ0) is 20.4. The second kappa shape index (κ2) is 11.0. The normalized spacial score (nSPS) is 11.4. The number of carbonyl (C=O) groups excluding carboxylic acids is 1. The number of halogens is 3. The first-order valence-electron chi connectivity index (χ1n) is 8.49. The van der Waals surface area contributed by atoms with Gasteiger partial charge >= 0.3 is 0 Å². The molecule has 152 valence electrons. The van der Waals surface area contributed by atoms with Crippen molar-refractivity contribution >= 4 is 17.6 Å². The third-order valence-corrected chi connectivity index (χ3v) is 3.53. The third kappa shape index (κ3) is 6.62. The summed E-state index contributed by atoms with van der Waals surface area (Å²) in [4.78, 5) is 15.8. The van der Waals surface area contributed by atoms with Gasteiger partial charge in [0, 0.05) is 20.2 Å². The average molecular weight is 398 g/mol. The molecule has 0 atom stereocenters. The molecule has 3 N–H and O–H groups in total. The van der Waals surface area contributed by atoms with E-state index in [4.69, 9.17) is 9.15 Å². The quantitative estimate of drug-likeness (QED) is 0.261. The van der Waals surface area contributed by atoms with Crippen molar-refractivity contribution in [1.82, 2.24) is 10.6 Å². The molecule has 1 heterocycles. The first kappa shape index (κ1) is 21.3. The predicted octanol–water partition coefficient (Wildman–Crippen LogP) is 2.41. The van der Waals surface area contributed by atoms with Gasteiger partial charge in [-0.1, -0.05) is 0 Å². The van der Waals surface area contributed by atoms with Crippen molar-refractivity contribution in [3.8, 4) is 0 Å². The van der Waals surface area contributed by atoms with E-state index in [-0.39, 0.29) is 6.54 Å². The van der Waals surface area contributed by atoms with Crippen molar-refractivity contribution in [2.24, 2.45) is 4.99 Å². The van der Waals surface area contributed by atoms with E-state index in [1.165, 1.54) is 7.05 Å². The van der Waals surface area contributed by atoms with E-state index in [9.17, 15) is 18.0 Å². The fourth-order valence-electron chi connectivity index (χ4n) is 2.15. The second-order valence-corrected chi connectivity index (χ2v) is 5.61. The minimum atomic E-state index is -1.64. The molecule has 0 spiro atoms. The van der Waals surface area contributed by atoms with Gasteiger partial charge in [0.25, 0.3) is 0 Å². The molecule has 0 fully saturated rings. The summed E-state index contributed by atoms with van der Waals surface area (Å²) in [7, 11) is 1.52. The van der Waals surface area contributed by atoms with Crippen LogP contribution in [0.1, 0.15) is 12.2 Å². The molecule has 7 nitrogen and oxygen atoms in total. The summed E-state index contributed by atoms with van der Waals surface area (Å²) in [6, 6.07) is 5.28. The molecule has 1 aromatic carbocycles. The summed E-state index contributed by atoms with van der Waals surface area (Å²) in [5.41, 5.74) is -0.442. The molecule has 2 rings (SSSR count). The Balaban J connectivity index is 1.64. The van der Waals surface area contributed by atoms with E-state index in [2.05, 4.69) is 20.9 Å². The fraction of sp³-hybridized carbons (Fsp3) is 0.333. The molecule has 0 saturated carbocycles. The van der Waals surface area contributed by atoms with Crippen LogP contribution < -0.4 is 16.0 Å².